The Morgan fingerprint density at radius 2 is 1.57 bits per heavy atom. The van der Waals surface area contributed by atoms with Crippen molar-refractivity contribution < 1.29 is 14.7 Å². The van der Waals surface area contributed by atoms with Crippen LogP contribution in [0.3, 0.4) is 0 Å². The number of carbonyl (C=O) groups is 2. The number of amides is 1. The zero-order valence-corrected chi connectivity index (χ0v) is 13.5. The van der Waals surface area contributed by atoms with Gasteiger partial charge in [-0.15, -0.1) is 0 Å². The first kappa shape index (κ1) is 16.7. The van der Waals surface area contributed by atoms with Crippen LogP contribution < -0.4 is 5.32 Å². The summed E-state index contributed by atoms with van der Waals surface area (Å²) in [5, 5.41) is 12.1. The first-order chi connectivity index (χ1) is 10.8. The predicted octanol–water partition coefficient (Wildman–Crippen LogP) is 3.79. The Morgan fingerprint density at radius 1 is 1.00 bits per heavy atom. The van der Waals surface area contributed by atoms with Crippen molar-refractivity contribution in [2.24, 2.45) is 0 Å². The third-order valence-corrected chi connectivity index (χ3v) is 4.10. The van der Waals surface area contributed by atoms with Gasteiger partial charge in [-0.1, -0.05) is 42.5 Å². The van der Waals surface area contributed by atoms with E-state index in [1.807, 2.05) is 37.3 Å². The minimum Gasteiger partial charge on any atom is -0.481 e. The van der Waals surface area contributed by atoms with Gasteiger partial charge in [-0.05, 0) is 44.0 Å². The van der Waals surface area contributed by atoms with Crippen LogP contribution in [0.25, 0.3) is 0 Å². The smallest absolute Gasteiger partial charge is 0.313 e. The van der Waals surface area contributed by atoms with E-state index in [1.165, 1.54) is 0 Å². The lowest BCUT2D eigenvalue weighted by Crippen LogP contribution is -2.28. The number of rotatable bonds is 5. The summed E-state index contributed by atoms with van der Waals surface area (Å²) in [6.07, 6.45) is 0. The molecule has 1 amide bonds. The molecule has 23 heavy (non-hydrogen) atoms. The van der Waals surface area contributed by atoms with E-state index in [2.05, 4.69) is 5.32 Å². The maximum absolute atomic E-state index is 12.3. The first-order valence-electron chi connectivity index (χ1n) is 7.52. The number of nitrogens with one attached hydrogen (secondary N) is 1. The molecular formula is C19H21NO3. The Balaban J connectivity index is 2.09. The summed E-state index contributed by atoms with van der Waals surface area (Å²) in [6, 6.07) is 16.5. The number of benzene rings is 2. The molecule has 0 bridgehead atoms. The van der Waals surface area contributed by atoms with Crippen molar-refractivity contribution >= 4 is 17.6 Å². The van der Waals surface area contributed by atoms with Gasteiger partial charge in [0.15, 0.2) is 0 Å². The molecule has 0 saturated carbocycles. The van der Waals surface area contributed by atoms with E-state index in [0.29, 0.717) is 11.3 Å². The van der Waals surface area contributed by atoms with Gasteiger partial charge in [0.1, 0.15) is 0 Å². The molecule has 4 nitrogen and oxygen atoms in total. The fourth-order valence-electron chi connectivity index (χ4n) is 2.24. The fourth-order valence-corrected chi connectivity index (χ4v) is 2.24. The van der Waals surface area contributed by atoms with E-state index in [4.69, 9.17) is 0 Å². The van der Waals surface area contributed by atoms with E-state index in [-0.39, 0.29) is 11.8 Å². The van der Waals surface area contributed by atoms with Gasteiger partial charge in [-0.25, -0.2) is 0 Å². The standard InChI is InChI=1S/C19H21NO3/c1-13(14-7-5-4-6-8-14)17(21)20-16-11-9-15(10-12-16)19(2,3)18(22)23/h4-13H,1-3H3,(H,20,21)(H,22,23). The molecule has 0 fully saturated rings. The van der Waals surface area contributed by atoms with Gasteiger partial charge >= 0.3 is 5.97 Å². The van der Waals surface area contributed by atoms with Gasteiger partial charge in [-0.2, -0.15) is 0 Å². The number of carboxylic acid groups (broad SMARTS) is 1. The van der Waals surface area contributed by atoms with Gasteiger partial charge < -0.3 is 10.4 Å². The van der Waals surface area contributed by atoms with Crippen LogP contribution in [0, 0.1) is 0 Å². The maximum atomic E-state index is 12.3. The molecule has 0 saturated heterocycles. The highest BCUT2D eigenvalue weighted by Crippen LogP contribution is 2.25. The Bertz CT molecular complexity index is 690. The van der Waals surface area contributed by atoms with Crippen LogP contribution in [0.2, 0.25) is 0 Å². The van der Waals surface area contributed by atoms with E-state index >= 15 is 0 Å². The van der Waals surface area contributed by atoms with Crippen molar-refractivity contribution in [3.63, 3.8) is 0 Å². The normalized spacial score (nSPS) is 12.5. The number of anilines is 1. The van der Waals surface area contributed by atoms with Crippen LogP contribution in [-0.4, -0.2) is 17.0 Å². The van der Waals surface area contributed by atoms with E-state index in [1.54, 1.807) is 38.1 Å². The second-order valence-corrected chi connectivity index (χ2v) is 6.13. The molecule has 0 aliphatic rings. The third-order valence-electron chi connectivity index (χ3n) is 4.10. The predicted molar refractivity (Wildman–Crippen MR) is 90.6 cm³/mol. The van der Waals surface area contributed by atoms with Crippen molar-refractivity contribution in [2.75, 3.05) is 5.32 Å². The Kier molecular flexibility index (Phi) is 4.84. The van der Waals surface area contributed by atoms with Crippen LogP contribution in [-0.2, 0) is 15.0 Å². The quantitative estimate of drug-likeness (QED) is 0.883. The molecule has 120 valence electrons. The maximum Gasteiger partial charge on any atom is 0.313 e. The highest BCUT2D eigenvalue weighted by atomic mass is 16.4. The lowest BCUT2D eigenvalue weighted by molar-refractivity contribution is -0.142. The molecule has 1 atom stereocenters. The van der Waals surface area contributed by atoms with Crippen molar-refractivity contribution in [3.05, 3.63) is 65.7 Å². The summed E-state index contributed by atoms with van der Waals surface area (Å²) in [5.74, 6) is -1.24. The van der Waals surface area contributed by atoms with Crippen LogP contribution in [0.1, 0.15) is 37.8 Å². The molecule has 2 aromatic carbocycles. The highest BCUT2D eigenvalue weighted by Gasteiger charge is 2.29. The SMILES string of the molecule is CC(C(=O)Nc1ccc(C(C)(C)C(=O)O)cc1)c1ccccc1. The molecule has 4 heteroatoms. The summed E-state index contributed by atoms with van der Waals surface area (Å²) in [5.41, 5.74) is 1.34. The zero-order valence-electron chi connectivity index (χ0n) is 13.5. The number of carboxylic acids is 1. The Labute approximate surface area is 136 Å². The van der Waals surface area contributed by atoms with E-state index in [9.17, 15) is 14.7 Å². The molecule has 0 spiro atoms. The summed E-state index contributed by atoms with van der Waals surface area (Å²) in [4.78, 5) is 23.6. The number of carbonyl (C=O) groups excluding carboxylic acids is 1. The third kappa shape index (κ3) is 3.77. The highest BCUT2D eigenvalue weighted by molar-refractivity contribution is 5.95. The van der Waals surface area contributed by atoms with Crippen LogP contribution in [0.15, 0.2) is 54.6 Å². The minimum atomic E-state index is -0.958. The van der Waals surface area contributed by atoms with Gasteiger partial charge in [0.2, 0.25) is 5.91 Å². The molecular weight excluding hydrogens is 290 g/mol. The molecule has 1 unspecified atom stereocenters. The number of aliphatic carboxylic acids is 1. The van der Waals surface area contributed by atoms with Gasteiger partial charge in [0.05, 0.1) is 11.3 Å². The van der Waals surface area contributed by atoms with E-state index in [0.717, 1.165) is 5.56 Å². The van der Waals surface area contributed by atoms with Crippen LogP contribution >= 0.6 is 0 Å². The largest absolute Gasteiger partial charge is 0.481 e. The zero-order chi connectivity index (χ0) is 17.0. The number of hydrogen-bond acceptors (Lipinski definition) is 2. The van der Waals surface area contributed by atoms with Crippen LogP contribution in [0.5, 0.6) is 0 Å². The molecule has 2 aromatic rings. The second-order valence-electron chi connectivity index (χ2n) is 6.13. The lowest BCUT2D eigenvalue weighted by atomic mass is 9.85. The molecule has 0 aliphatic carbocycles. The van der Waals surface area contributed by atoms with Crippen molar-refractivity contribution in [3.8, 4) is 0 Å². The summed E-state index contributed by atoms with van der Waals surface area (Å²) >= 11 is 0. The van der Waals surface area contributed by atoms with E-state index < -0.39 is 11.4 Å². The van der Waals surface area contributed by atoms with Crippen molar-refractivity contribution in [1.29, 1.82) is 0 Å². The first-order valence-corrected chi connectivity index (χ1v) is 7.52. The average molecular weight is 311 g/mol. The molecule has 2 rings (SSSR count). The number of hydrogen-bond donors (Lipinski definition) is 2. The summed E-state index contributed by atoms with van der Waals surface area (Å²) in [7, 11) is 0. The molecule has 0 aliphatic heterocycles. The van der Waals surface area contributed by atoms with Gasteiger partial charge in [0.25, 0.3) is 0 Å². The molecule has 0 aromatic heterocycles. The summed E-state index contributed by atoms with van der Waals surface area (Å²) in [6.45, 7) is 5.16. The Morgan fingerprint density at radius 3 is 2.09 bits per heavy atom. The monoisotopic (exact) mass is 311 g/mol. The Hall–Kier alpha value is -2.62. The van der Waals surface area contributed by atoms with Gasteiger partial charge in [-0.3, -0.25) is 9.59 Å². The lowest BCUT2D eigenvalue weighted by Gasteiger charge is -2.20. The molecule has 0 radical (unpaired) electrons. The molecule has 2 N–H and O–H groups in total. The average Bonchev–Trinajstić information content (AvgIpc) is 2.55. The van der Waals surface area contributed by atoms with Crippen molar-refractivity contribution in [1.82, 2.24) is 0 Å². The van der Waals surface area contributed by atoms with Crippen LogP contribution in [0.4, 0.5) is 5.69 Å². The molecule has 0 heterocycles. The van der Waals surface area contributed by atoms with Gasteiger partial charge in [0, 0.05) is 5.69 Å². The van der Waals surface area contributed by atoms with Crippen molar-refractivity contribution in [2.45, 2.75) is 32.1 Å². The topological polar surface area (TPSA) is 66.4 Å². The fraction of sp³-hybridized carbons (Fsp3) is 0.263. The second kappa shape index (κ2) is 6.65. The minimum absolute atomic E-state index is 0.0959. The summed E-state index contributed by atoms with van der Waals surface area (Å²) < 4.78 is 0.